The maximum Gasteiger partial charge on any atom is 0.0991 e. The van der Waals surface area contributed by atoms with Crippen LogP contribution in [0.3, 0.4) is 0 Å². The highest BCUT2D eigenvalue weighted by molar-refractivity contribution is 5.32. The van der Waals surface area contributed by atoms with Crippen molar-refractivity contribution in [1.29, 1.82) is 5.26 Å². The molecule has 3 heteroatoms. The Morgan fingerprint density at radius 1 is 1.58 bits per heavy atom. The quantitative estimate of drug-likeness (QED) is 0.679. The molecular weight excluding hydrogens is 152 g/mol. The lowest BCUT2D eigenvalue weighted by Crippen LogP contribution is -2.10. The van der Waals surface area contributed by atoms with Gasteiger partial charge in [0.15, 0.2) is 0 Å². The standard InChI is InChI=1S/C9H10N2O/c1-12-11-7-9-4-2-3-8(5-9)6-10/h2-5,11H,7H2,1H3. The van der Waals surface area contributed by atoms with E-state index in [2.05, 4.69) is 16.4 Å². The summed E-state index contributed by atoms with van der Waals surface area (Å²) < 4.78 is 0. The molecule has 3 nitrogen and oxygen atoms in total. The molecule has 0 heterocycles. The van der Waals surface area contributed by atoms with E-state index in [0.29, 0.717) is 12.1 Å². The van der Waals surface area contributed by atoms with Crippen LogP contribution in [0.15, 0.2) is 24.3 Å². The van der Waals surface area contributed by atoms with Crippen LogP contribution in [0.25, 0.3) is 0 Å². The highest BCUT2D eigenvalue weighted by Gasteiger charge is 1.93. The average Bonchev–Trinajstić information content (AvgIpc) is 2.15. The Bertz CT molecular complexity index is 291. The molecule has 1 N–H and O–H groups in total. The van der Waals surface area contributed by atoms with Crippen molar-refractivity contribution in [2.75, 3.05) is 7.11 Å². The second-order valence-corrected chi connectivity index (χ2v) is 2.34. The highest BCUT2D eigenvalue weighted by Crippen LogP contribution is 2.03. The number of hydroxylamine groups is 1. The van der Waals surface area contributed by atoms with Gasteiger partial charge in [0.1, 0.15) is 0 Å². The van der Waals surface area contributed by atoms with E-state index in [9.17, 15) is 0 Å². The Kier molecular flexibility index (Phi) is 3.27. The minimum atomic E-state index is 0.617. The molecule has 0 atom stereocenters. The summed E-state index contributed by atoms with van der Waals surface area (Å²) in [5, 5.41) is 8.59. The number of nitrogens with zero attached hydrogens (tertiary/aromatic N) is 1. The fraction of sp³-hybridized carbons (Fsp3) is 0.222. The molecular formula is C9H10N2O. The topological polar surface area (TPSA) is 45.0 Å². The van der Waals surface area contributed by atoms with Crippen LogP contribution in [-0.4, -0.2) is 7.11 Å². The number of rotatable bonds is 3. The van der Waals surface area contributed by atoms with E-state index < -0.39 is 0 Å². The monoisotopic (exact) mass is 162 g/mol. The molecule has 0 aliphatic heterocycles. The first kappa shape index (κ1) is 8.72. The maximum atomic E-state index is 8.59. The number of nitrogens with one attached hydrogen (secondary N) is 1. The van der Waals surface area contributed by atoms with Crippen LogP contribution >= 0.6 is 0 Å². The summed E-state index contributed by atoms with van der Waals surface area (Å²) in [6.45, 7) is 0.617. The van der Waals surface area contributed by atoms with Gasteiger partial charge in [-0.25, -0.2) is 0 Å². The van der Waals surface area contributed by atoms with Gasteiger partial charge >= 0.3 is 0 Å². The largest absolute Gasteiger partial charge is 0.305 e. The minimum absolute atomic E-state index is 0.617. The lowest BCUT2D eigenvalue weighted by Gasteiger charge is -2.01. The minimum Gasteiger partial charge on any atom is -0.305 e. The van der Waals surface area contributed by atoms with E-state index in [-0.39, 0.29) is 0 Å². The fourth-order valence-electron chi connectivity index (χ4n) is 0.906. The lowest BCUT2D eigenvalue weighted by atomic mass is 10.1. The summed E-state index contributed by atoms with van der Waals surface area (Å²) in [5.74, 6) is 0. The van der Waals surface area contributed by atoms with Gasteiger partial charge in [-0.3, -0.25) is 0 Å². The van der Waals surface area contributed by atoms with Crippen LogP contribution in [0.2, 0.25) is 0 Å². The molecule has 62 valence electrons. The van der Waals surface area contributed by atoms with Crippen LogP contribution in [0.5, 0.6) is 0 Å². The van der Waals surface area contributed by atoms with Crippen molar-refractivity contribution in [3.63, 3.8) is 0 Å². The maximum absolute atomic E-state index is 8.59. The number of benzene rings is 1. The van der Waals surface area contributed by atoms with E-state index in [4.69, 9.17) is 5.26 Å². The molecule has 12 heavy (non-hydrogen) atoms. The molecule has 0 radical (unpaired) electrons. The van der Waals surface area contributed by atoms with Gasteiger partial charge in [-0.05, 0) is 17.7 Å². The first-order valence-corrected chi connectivity index (χ1v) is 3.61. The van der Waals surface area contributed by atoms with E-state index in [1.807, 2.05) is 18.2 Å². The molecule has 0 spiro atoms. The molecule has 0 saturated heterocycles. The summed E-state index contributed by atoms with van der Waals surface area (Å²) in [6, 6.07) is 9.46. The molecule has 1 rings (SSSR count). The number of nitriles is 1. The molecule has 0 saturated carbocycles. The molecule has 1 aromatic carbocycles. The van der Waals surface area contributed by atoms with Crippen molar-refractivity contribution < 1.29 is 4.84 Å². The Balaban J connectivity index is 2.68. The normalized spacial score (nSPS) is 9.33. The third-order valence-electron chi connectivity index (χ3n) is 1.48. The Hall–Kier alpha value is -1.37. The molecule has 0 bridgehead atoms. The summed E-state index contributed by atoms with van der Waals surface area (Å²) in [7, 11) is 1.56. The Labute approximate surface area is 71.5 Å². The smallest absolute Gasteiger partial charge is 0.0991 e. The van der Waals surface area contributed by atoms with E-state index in [1.54, 1.807) is 13.2 Å². The lowest BCUT2D eigenvalue weighted by molar-refractivity contribution is 0.0867. The predicted octanol–water partition coefficient (Wildman–Crippen LogP) is 1.21. The second-order valence-electron chi connectivity index (χ2n) is 2.34. The summed E-state index contributed by atoms with van der Waals surface area (Å²) in [5.41, 5.74) is 4.42. The van der Waals surface area contributed by atoms with Gasteiger partial charge < -0.3 is 4.84 Å². The van der Waals surface area contributed by atoms with Gasteiger partial charge in [-0.2, -0.15) is 10.7 Å². The zero-order chi connectivity index (χ0) is 8.81. The number of hydrogen-bond acceptors (Lipinski definition) is 3. The summed E-state index contributed by atoms with van der Waals surface area (Å²) >= 11 is 0. The first-order valence-electron chi connectivity index (χ1n) is 3.61. The predicted molar refractivity (Wildman–Crippen MR) is 45.0 cm³/mol. The van der Waals surface area contributed by atoms with Crippen molar-refractivity contribution >= 4 is 0 Å². The first-order chi connectivity index (χ1) is 5.86. The molecule has 0 amide bonds. The SMILES string of the molecule is CONCc1cccc(C#N)c1. The zero-order valence-electron chi connectivity index (χ0n) is 6.87. The highest BCUT2D eigenvalue weighted by atomic mass is 16.6. The van der Waals surface area contributed by atoms with Crippen molar-refractivity contribution in [3.8, 4) is 6.07 Å². The molecule has 1 aromatic rings. The number of hydrogen-bond donors (Lipinski definition) is 1. The van der Waals surface area contributed by atoms with E-state index >= 15 is 0 Å². The van der Waals surface area contributed by atoms with E-state index in [0.717, 1.165) is 5.56 Å². The Morgan fingerprint density at radius 3 is 3.08 bits per heavy atom. The van der Waals surface area contributed by atoms with Crippen molar-refractivity contribution in [3.05, 3.63) is 35.4 Å². The Morgan fingerprint density at radius 2 is 2.42 bits per heavy atom. The fourth-order valence-corrected chi connectivity index (χ4v) is 0.906. The van der Waals surface area contributed by atoms with Gasteiger partial charge in [0.25, 0.3) is 0 Å². The molecule has 0 fully saturated rings. The van der Waals surface area contributed by atoms with Crippen LogP contribution in [0.4, 0.5) is 0 Å². The van der Waals surface area contributed by atoms with Gasteiger partial charge in [0, 0.05) is 6.54 Å². The van der Waals surface area contributed by atoms with Crippen molar-refractivity contribution in [2.24, 2.45) is 0 Å². The summed E-state index contributed by atoms with van der Waals surface area (Å²) in [6.07, 6.45) is 0. The van der Waals surface area contributed by atoms with Gasteiger partial charge in [0.05, 0.1) is 18.7 Å². The van der Waals surface area contributed by atoms with Crippen molar-refractivity contribution in [2.45, 2.75) is 6.54 Å². The van der Waals surface area contributed by atoms with Crippen LogP contribution in [0.1, 0.15) is 11.1 Å². The van der Waals surface area contributed by atoms with Gasteiger partial charge in [-0.15, -0.1) is 0 Å². The third-order valence-corrected chi connectivity index (χ3v) is 1.48. The van der Waals surface area contributed by atoms with Crippen LogP contribution in [-0.2, 0) is 11.4 Å². The third kappa shape index (κ3) is 2.35. The molecule has 0 aromatic heterocycles. The van der Waals surface area contributed by atoms with Gasteiger partial charge in [-0.1, -0.05) is 12.1 Å². The van der Waals surface area contributed by atoms with E-state index in [1.165, 1.54) is 0 Å². The zero-order valence-corrected chi connectivity index (χ0v) is 6.87. The summed E-state index contributed by atoms with van der Waals surface area (Å²) in [4.78, 5) is 4.69. The molecule has 0 unspecified atom stereocenters. The van der Waals surface area contributed by atoms with Crippen molar-refractivity contribution in [1.82, 2.24) is 5.48 Å². The second kappa shape index (κ2) is 4.50. The van der Waals surface area contributed by atoms with Gasteiger partial charge in [0.2, 0.25) is 0 Å². The molecule has 0 aliphatic rings. The average molecular weight is 162 g/mol. The molecule has 0 aliphatic carbocycles. The van der Waals surface area contributed by atoms with Crippen LogP contribution in [0, 0.1) is 11.3 Å². The van der Waals surface area contributed by atoms with Crippen LogP contribution < -0.4 is 5.48 Å².